The van der Waals surface area contributed by atoms with Crippen molar-refractivity contribution in [1.29, 1.82) is 0 Å². The summed E-state index contributed by atoms with van der Waals surface area (Å²) in [6.45, 7) is 11.0. The fourth-order valence-corrected chi connectivity index (χ4v) is 2.76. The van der Waals surface area contributed by atoms with Crippen LogP contribution in [0.15, 0.2) is 36.5 Å². The molecule has 0 spiro atoms. The van der Waals surface area contributed by atoms with E-state index in [1.54, 1.807) is 27.7 Å². The number of hydrogen-bond acceptors (Lipinski definition) is 14. The van der Waals surface area contributed by atoms with Crippen molar-refractivity contribution in [2.45, 2.75) is 55.4 Å². The van der Waals surface area contributed by atoms with Crippen molar-refractivity contribution in [1.82, 2.24) is 0 Å². The lowest BCUT2D eigenvalue weighted by Crippen LogP contribution is -2.36. The average Bonchev–Trinajstić information content (AvgIpc) is 2.99. The third-order valence-electron chi connectivity index (χ3n) is 5.73. The highest BCUT2D eigenvalue weighted by Crippen LogP contribution is 2.23. The van der Waals surface area contributed by atoms with E-state index in [9.17, 15) is 38.4 Å². The zero-order valence-electron chi connectivity index (χ0n) is 28.3. The number of carboxylic acids is 2. The molecular formula is C32H44O16. The van der Waals surface area contributed by atoms with Crippen molar-refractivity contribution < 1.29 is 77.0 Å². The lowest BCUT2D eigenvalue weighted by atomic mass is 9.93. The summed E-state index contributed by atoms with van der Waals surface area (Å²) in [7, 11) is 0. The summed E-state index contributed by atoms with van der Waals surface area (Å²) < 4.78 is 30.6. The number of carbonyl (C=O) groups is 8. The Bertz CT molecular complexity index is 1200. The Kier molecular flexibility index (Phi) is 17.0. The van der Waals surface area contributed by atoms with E-state index in [-0.39, 0.29) is 39.6 Å². The smallest absolute Gasteiger partial charge is 0.331 e. The normalized spacial score (nSPS) is 12.4. The van der Waals surface area contributed by atoms with Gasteiger partial charge in [0.15, 0.2) is 0 Å². The second kappa shape index (κ2) is 19.0. The molecule has 0 amide bonds. The van der Waals surface area contributed by atoms with E-state index in [1.165, 1.54) is 27.7 Å². The Morgan fingerprint density at radius 1 is 0.396 bits per heavy atom. The first-order valence-corrected chi connectivity index (χ1v) is 14.4. The molecule has 48 heavy (non-hydrogen) atoms. The molecule has 0 saturated heterocycles. The number of ether oxygens (including phenoxy) is 6. The molecule has 0 aromatic carbocycles. The molecule has 0 aromatic rings. The number of aliphatic carboxylic acids is 2. The summed E-state index contributed by atoms with van der Waals surface area (Å²) in [5.74, 6) is -7.73. The van der Waals surface area contributed by atoms with E-state index in [2.05, 4.69) is 0 Å². The Labute approximate surface area is 278 Å². The number of carbonyl (C=O) groups excluding carboxylic acids is 6. The van der Waals surface area contributed by atoms with Gasteiger partial charge in [0.2, 0.25) is 0 Å². The minimum Gasteiger partial charge on any atom is -0.478 e. The first-order valence-electron chi connectivity index (χ1n) is 14.4. The average molecular weight is 685 g/mol. The predicted octanol–water partition coefficient (Wildman–Crippen LogP) is 2.19. The molecule has 0 aromatic heterocycles. The SMILES string of the molecule is CC(C)(COC(=O)/C=C\C(=O)OCC(C)(C)COC(=O)C(C)(C)COC(=O)/C=C/C(=O)O)COC(=O)C(C)(C)COC(=O)/C=C/C(=O)O. The van der Waals surface area contributed by atoms with Gasteiger partial charge in [-0.05, 0) is 27.7 Å². The van der Waals surface area contributed by atoms with Gasteiger partial charge in [0.1, 0.15) is 13.2 Å². The molecule has 16 nitrogen and oxygen atoms in total. The second-order valence-electron chi connectivity index (χ2n) is 13.4. The van der Waals surface area contributed by atoms with E-state index < -0.39 is 69.4 Å². The molecule has 0 heterocycles. The zero-order valence-corrected chi connectivity index (χ0v) is 28.3. The molecule has 0 atom stereocenters. The number of carboxylic acid groups (broad SMARTS) is 2. The van der Waals surface area contributed by atoms with Gasteiger partial charge in [-0.15, -0.1) is 0 Å². The van der Waals surface area contributed by atoms with Crippen LogP contribution < -0.4 is 0 Å². The molecule has 0 aliphatic rings. The number of hydrogen-bond donors (Lipinski definition) is 2. The van der Waals surface area contributed by atoms with Gasteiger partial charge in [-0.1, -0.05) is 27.7 Å². The molecular weight excluding hydrogens is 640 g/mol. The molecule has 0 unspecified atom stereocenters. The van der Waals surface area contributed by atoms with Crippen LogP contribution >= 0.6 is 0 Å². The first-order chi connectivity index (χ1) is 21.9. The summed E-state index contributed by atoms with van der Waals surface area (Å²) >= 11 is 0. The Morgan fingerprint density at radius 2 is 0.625 bits per heavy atom. The maximum atomic E-state index is 12.5. The molecule has 0 radical (unpaired) electrons. The van der Waals surface area contributed by atoms with Crippen LogP contribution in [-0.2, 0) is 66.8 Å². The third-order valence-corrected chi connectivity index (χ3v) is 5.73. The molecule has 0 rings (SSSR count). The largest absolute Gasteiger partial charge is 0.478 e. The van der Waals surface area contributed by atoms with Gasteiger partial charge in [0.25, 0.3) is 0 Å². The third kappa shape index (κ3) is 19.5. The molecule has 0 fully saturated rings. The molecule has 0 aliphatic heterocycles. The summed E-state index contributed by atoms with van der Waals surface area (Å²) in [4.78, 5) is 93.3. The Morgan fingerprint density at radius 3 is 0.896 bits per heavy atom. The van der Waals surface area contributed by atoms with Crippen molar-refractivity contribution in [2.24, 2.45) is 21.7 Å². The summed E-state index contributed by atoms with van der Waals surface area (Å²) in [5, 5.41) is 17.1. The maximum Gasteiger partial charge on any atom is 0.331 e. The van der Waals surface area contributed by atoms with Gasteiger partial charge in [-0.2, -0.15) is 0 Å². The van der Waals surface area contributed by atoms with Crippen LogP contribution in [0.1, 0.15) is 55.4 Å². The van der Waals surface area contributed by atoms with Crippen LogP contribution in [0, 0.1) is 21.7 Å². The summed E-state index contributed by atoms with van der Waals surface area (Å²) in [6, 6.07) is 0. The van der Waals surface area contributed by atoms with Gasteiger partial charge >= 0.3 is 47.8 Å². The lowest BCUT2D eigenvalue weighted by molar-refractivity contribution is -0.165. The fourth-order valence-electron chi connectivity index (χ4n) is 2.76. The molecule has 0 bridgehead atoms. The second-order valence-corrected chi connectivity index (χ2v) is 13.4. The van der Waals surface area contributed by atoms with Crippen molar-refractivity contribution >= 4 is 47.8 Å². The van der Waals surface area contributed by atoms with E-state index in [1.807, 2.05) is 0 Å². The van der Waals surface area contributed by atoms with E-state index >= 15 is 0 Å². The molecule has 0 saturated carbocycles. The van der Waals surface area contributed by atoms with E-state index in [4.69, 9.17) is 38.6 Å². The quantitative estimate of drug-likeness (QED) is 0.106. The lowest BCUT2D eigenvalue weighted by Gasteiger charge is -2.27. The zero-order chi connectivity index (χ0) is 37.3. The summed E-state index contributed by atoms with van der Waals surface area (Å²) in [6.07, 6.45) is 4.31. The van der Waals surface area contributed by atoms with Gasteiger partial charge in [0.05, 0.1) is 37.3 Å². The Hall–Kier alpha value is -5.02. The minimum atomic E-state index is -1.33. The predicted molar refractivity (Wildman–Crippen MR) is 164 cm³/mol. The highest BCUT2D eigenvalue weighted by Gasteiger charge is 2.34. The minimum absolute atomic E-state index is 0.173. The highest BCUT2D eigenvalue weighted by molar-refractivity contribution is 5.92. The molecule has 16 heteroatoms. The highest BCUT2D eigenvalue weighted by atomic mass is 16.6. The van der Waals surface area contributed by atoms with Crippen LogP contribution in [0.25, 0.3) is 0 Å². The number of esters is 6. The van der Waals surface area contributed by atoms with Crippen LogP contribution in [0.4, 0.5) is 0 Å². The van der Waals surface area contributed by atoms with Crippen LogP contribution in [-0.4, -0.2) is 97.6 Å². The molecule has 268 valence electrons. The first kappa shape index (κ1) is 43.0. The Balaban J connectivity index is 4.66. The molecule has 0 aliphatic carbocycles. The maximum absolute atomic E-state index is 12.5. The standard InChI is InChI=1S/C32H44O16/c1-29(2,17-47-27(41)31(5,6)19-45-23(37)11-9-21(33)34)15-43-25(39)13-14-26(40)44-16-30(3,4)18-48-28(42)32(7,8)20-46-24(38)12-10-22(35)36/h9-14H,15-20H2,1-8H3,(H,33,34)(H,35,36)/b11-9+,12-10+,14-13-. The van der Waals surface area contributed by atoms with Crippen LogP contribution in [0.5, 0.6) is 0 Å². The van der Waals surface area contributed by atoms with Crippen molar-refractivity contribution in [3.8, 4) is 0 Å². The van der Waals surface area contributed by atoms with E-state index in [0.29, 0.717) is 24.3 Å². The van der Waals surface area contributed by atoms with E-state index in [0.717, 1.165) is 12.2 Å². The van der Waals surface area contributed by atoms with Crippen LogP contribution in [0.3, 0.4) is 0 Å². The van der Waals surface area contributed by atoms with Gasteiger partial charge in [0, 0.05) is 47.3 Å². The monoisotopic (exact) mass is 684 g/mol. The number of rotatable bonds is 20. The summed E-state index contributed by atoms with van der Waals surface area (Å²) in [5.41, 5.74) is -4.19. The van der Waals surface area contributed by atoms with Crippen molar-refractivity contribution in [3.63, 3.8) is 0 Å². The van der Waals surface area contributed by atoms with Crippen LogP contribution in [0.2, 0.25) is 0 Å². The fraction of sp³-hybridized carbons (Fsp3) is 0.562. The van der Waals surface area contributed by atoms with Crippen molar-refractivity contribution in [3.05, 3.63) is 36.5 Å². The van der Waals surface area contributed by atoms with Gasteiger partial charge < -0.3 is 38.6 Å². The topological polar surface area (TPSA) is 232 Å². The molecule has 2 N–H and O–H groups in total. The van der Waals surface area contributed by atoms with Gasteiger partial charge in [-0.25, -0.2) is 28.8 Å². The van der Waals surface area contributed by atoms with Gasteiger partial charge in [-0.3, -0.25) is 9.59 Å². The van der Waals surface area contributed by atoms with Crippen molar-refractivity contribution in [2.75, 3.05) is 39.6 Å².